The van der Waals surface area contributed by atoms with E-state index in [1.54, 1.807) is 6.20 Å². The van der Waals surface area contributed by atoms with Gasteiger partial charge < -0.3 is 15.0 Å². The average molecular weight is 391 g/mol. The van der Waals surface area contributed by atoms with Crippen molar-refractivity contribution >= 4 is 44.9 Å². The number of anilines is 1. The molecule has 1 aromatic carbocycles. The largest absolute Gasteiger partial charge is 0.382 e. The van der Waals surface area contributed by atoms with Crippen LogP contribution in [0.25, 0.3) is 10.9 Å². The Morgan fingerprint density at radius 2 is 2.23 bits per heavy atom. The number of fused-ring (bicyclic) bond motifs is 1. The summed E-state index contributed by atoms with van der Waals surface area (Å²) >= 11 is 2.92. The summed E-state index contributed by atoms with van der Waals surface area (Å²) in [6.07, 6.45) is 2.71. The maximum Gasteiger partial charge on any atom is 0.206 e. The quantitative estimate of drug-likeness (QED) is 0.306. The zero-order valence-electron chi connectivity index (χ0n) is 14.8. The number of ether oxygens (including phenoxy) is 1. The highest BCUT2D eigenvalue weighted by atomic mass is 32.2. The summed E-state index contributed by atoms with van der Waals surface area (Å²) in [5.41, 5.74) is 1.70. The van der Waals surface area contributed by atoms with Gasteiger partial charge in [-0.05, 0) is 26.3 Å². The smallest absolute Gasteiger partial charge is 0.206 e. The number of H-pyrrole nitrogens is 1. The molecule has 0 spiro atoms. The molecule has 3 aromatic rings. The molecule has 1 atom stereocenters. The number of benzene rings is 1. The lowest BCUT2D eigenvalue weighted by molar-refractivity contribution is 0.0995. The molecule has 2 heterocycles. The van der Waals surface area contributed by atoms with Crippen LogP contribution in [-0.2, 0) is 4.74 Å². The molecule has 0 saturated heterocycles. The fourth-order valence-electron chi connectivity index (χ4n) is 2.54. The van der Waals surface area contributed by atoms with E-state index in [-0.39, 0.29) is 11.0 Å². The summed E-state index contributed by atoms with van der Waals surface area (Å²) in [6.45, 7) is 6.16. The molecule has 0 saturated carbocycles. The van der Waals surface area contributed by atoms with E-state index in [1.165, 1.54) is 23.1 Å². The monoisotopic (exact) mass is 390 g/mol. The van der Waals surface area contributed by atoms with Gasteiger partial charge in [-0.3, -0.25) is 4.79 Å². The molecule has 0 aliphatic carbocycles. The van der Waals surface area contributed by atoms with Crippen LogP contribution in [0.3, 0.4) is 0 Å². The summed E-state index contributed by atoms with van der Waals surface area (Å²) in [7, 11) is 0. The Hall–Kier alpha value is -1.90. The van der Waals surface area contributed by atoms with Gasteiger partial charge in [0.05, 0.1) is 5.25 Å². The Kier molecular flexibility index (Phi) is 6.65. The Morgan fingerprint density at radius 1 is 1.38 bits per heavy atom. The van der Waals surface area contributed by atoms with Crippen molar-refractivity contribution in [2.24, 2.45) is 0 Å². The number of carbonyl (C=O) groups is 1. The molecule has 2 N–H and O–H groups in total. The number of aromatic nitrogens is 3. The van der Waals surface area contributed by atoms with Gasteiger partial charge in [0, 0.05) is 42.4 Å². The Morgan fingerprint density at radius 3 is 3.08 bits per heavy atom. The van der Waals surface area contributed by atoms with Gasteiger partial charge in [-0.1, -0.05) is 41.3 Å². The zero-order chi connectivity index (χ0) is 18.4. The highest BCUT2D eigenvalue weighted by Crippen LogP contribution is 2.31. The summed E-state index contributed by atoms with van der Waals surface area (Å²) in [6, 6.07) is 7.83. The zero-order valence-corrected chi connectivity index (χ0v) is 16.5. The van der Waals surface area contributed by atoms with Crippen LogP contribution in [0.15, 0.2) is 34.8 Å². The summed E-state index contributed by atoms with van der Waals surface area (Å²) in [5, 5.41) is 13.1. The van der Waals surface area contributed by atoms with Gasteiger partial charge in [-0.2, -0.15) is 0 Å². The molecule has 2 aromatic heterocycles. The number of Topliss-reactive ketones (excluding diaryl/α,β-unsaturated/α-hetero) is 1. The van der Waals surface area contributed by atoms with E-state index in [0.29, 0.717) is 0 Å². The Bertz CT molecular complexity index is 862. The molecule has 8 heteroatoms. The lowest BCUT2D eigenvalue weighted by Crippen LogP contribution is -2.12. The van der Waals surface area contributed by atoms with Crippen molar-refractivity contribution in [3.05, 3.63) is 36.0 Å². The van der Waals surface area contributed by atoms with Gasteiger partial charge in [0.15, 0.2) is 10.1 Å². The van der Waals surface area contributed by atoms with Crippen molar-refractivity contribution in [2.45, 2.75) is 29.9 Å². The van der Waals surface area contributed by atoms with Crippen LogP contribution in [0.4, 0.5) is 5.13 Å². The molecule has 0 radical (unpaired) electrons. The number of hydrogen-bond acceptors (Lipinski definition) is 7. The average Bonchev–Trinajstić information content (AvgIpc) is 3.27. The van der Waals surface area contributed by atoms with Crippen molar-refractivity contribution in [1.29, 1.82) is 0 Å². The molecular formula is C18H22N4O2S2. The van der Waals surface area contributed by atoms with Crippen LogP contribution in [-0.4, -0.2) is 46.0 Å². The molecule has 3 rings (SSSR count). The molecule has 26 heavy (non-hydrogen) atoms. The van der Waals surface area contributed by atoms with Crippen LogP contribution < -0.4 is 5.32 Å². The molecule has 0 aliphatic heterocycles. The predicted molar refractivity (Wildman–Crippen MR) is 107 cm³/mol. The molecule has 0 aliphatic rings. The summed E-state index contributed by atoms with van der Waals surface area (Å²) < 4.78 is 6.09. The second kappa shape index (κ2) is 9.16. The van der Waals surface area contributed by atoms with Crippen molar-refractivity contribution in [3.8, 4) is 0 Å². The SMILES string of the molecule is CCOCCCNc1nnc(S[C@@H](C)C(=O)c2c[nH]c3ccccc23)s1. The second-order valence-corrected chi connectivity index (χ2v) is 8.29. The van der Waals surface area contributed by atoms with Crippen molar-refractivity contribution in [3.63, 3.8) is 0 Å². The minimum absolute atomic E-state index is 0.0915. The molecular weight excluding hydrogens is 368 g/mol. The highest BCUT2D eigenvalue weighted by Gasteiger charge is 2.21. The molecule has 0 amide bonds. The minimum atomic E-state index is -0.229. The fourth-order valence-corrected chi connectivity index (χ4v) is 4.53. The third-order valence-corrected chi connectivity index (χ3v) is 5.92. The number of para-hydroxylation sites is 1. The van der Waals surface area contributed by atoms with E-state index in [0.717, 1.165) is 52.1 Å². The number of ketones is 1. The minimum Gasteiger partial charge on any atom is -0.382 e. The number of thioether (sulfide) groups is 1. The molecule has 6 nitrogen and oxygen atoms in total. The molecule has 138 valence electrons. The fraction of sp³-hybridized carbons (Fsp3) is 0.389. The van der Waals surface area contributed by atoms with E-state index in [9.17, 15) is 4.79 Å². The van der Waals surface area contributed by atoms with Crippen molar-refractivity contribution in [2.75, 3.05) is 25.1 Å². The first kappa shape index (κ1) is 18.9. The van der Waals surface area contributed by atoms with Gasteiger partial charge in [0.25, 0.3) is 0 Å². The van der Waals surface area contributed by atoms with Crippen LogP contribution >= 0.6 is 23.1 Å². The molecule has 0 fully saturated rings. The van der Waals surface area contributed by atoms with E-state index in [2.05, 4.69) is 20.5 Å². The first-order valence-corrected chi connectivity index (χ1v) is 10.3. The number of carbonyl (C=O) groups excluding carboxylic acids is 1. The van der Waals surface area contributed by atoms with E-state index in [4.69, 9.17) is 4.74 Å². The number of hydrogen-bond donors (Lipinski definition) is 2. The summed E-state index contributed by atoms with van der Waals surface area (Å²) in [5.74, 6) is 0.0915. The highest BCUT2D eigenvalue weighted by molar-refractivity contribution is 8.02. The first-order valence-electron chi connectivity index (χ1n) is 8.61. The number of nitrogens with zero attached hydrogens (tertiary/aromatic N) is 2. The Balaban J connectivity index is 1.56. The standard InChI is InChI=1S/C18H22N4O2S2/c1-3-24-10-6-9-19-17-21-22-18(26-17)25-12(2)16(23)14-11-20-15-8-5-4-7-13(14)15/h4-5,7-8,11-12,20H,3,6,9-10H2,1-2H3,(H,19,21)/t12-/m0/s1. The van der Waals surface area contributed by atoms with Gasteiger partial charge in [0.1, 0.15) is 0 Å². The Labute approximate surface area is 160 Å². The van der Waals surface area contributed by atoms with E-state index < -0.39 is 0 Å². The molecule has 0 bridgehead atoms. The second-order valence-electron chi connectivity index (χ2n) is 5.72. The van der Waals surface area contributed by atoms with Gasteiger partial charge >= 0.3 is 0 Å². The van der Waals surface area contributed by atoms with Crippen LogP contribution in [0, 0.1) is 0 Å². The lowest BCUT2D eigenvalue weighted by Gasteiger charge is -2.06. The van der Waals surface area contributed by atoms with Crippen LogP contribution in [0.2, 0.25) is 0 Å². The predicted octanol–water partition coefficient (Wildman–Crippen LogP) is 4.22. The number of aromatic amines is 1. The van der Waals surface area contributed by atoms with Crippen LogP contribution in [0.5, 0.6) is 0 Å². The number of nitrogens with one attached hydrogen (secondary N) is 2. The third kappa shape index (κ3) is 4.63. The lowest BCUT2D eigenvalue weighted by atomic mass is 10.1. The van der Waals surface area contributed by atoms with Gasteiger partial charge in [-0.25, -0.2) is 0 Å². The maximum absolute atomic E-state index is 12.8. The molecule has 0 unspecified atom stereocenters. The third-order valence-electron chi connectivity index (χ3n) is 3.85. The van der Waals surface area contributed by atoms with E-state index >= 15 is 0 Å². The number of rotatable bonds is 10. The van der Waals surface area contributed by atoms with Crippen LogP contribution in [0.1, 0.15) is 30.6 Å². The summed E-state index contributed by atoms with van der Waals surface area (Å²) in [4.78, 5) is 15.9. The normalized spacial score (nSPS) is 12.4. The first-order chi connectivity index (χ1) is 12.7. The topological polar surface area (TPSA) is 79.9 Å². The van der Waals surface area contributed by atoms with Gasteiger partial charge in [-0.15, -0.1) is 10.2 Å². The van der Waals surface area contributed by atoms with Crippen molar-refractivity contribution < 1.29 is 9.53 Å². The van der Waals surface area contributed by atoms with Gasteiger partial charge in [0.2, 0.25) is 5.13 Å². The maximum atomic E-state index is 12.8. The van der Waals surface area contributed by atoms with Crippen molar-refractivity contribution in [1.82, 2.24) is 15.2 Å². The van der Waals surface area contributed by atoms with E-state index in [1.807, 2.05) is 38.1 Å².